The fourth-order valence-electron chi connectivity index (χ4n) is 2.10. The maximum absolute atomic E-state index is 11.1. The Labute approximate surface area is 114 Å². The summed E-state index contributed by atoms with van der Waals surface area (Å²) >= 11 is 0. The van der Waals surface area contributed by atoms with E-state index in [-0.39, 0.29) is 5.69 Å². The number of carboxylic acids is 1. The number of carboxylic acid groups (broad SMARTS) is 1. The Morgan fingerprint density at radius 3 is 2.70 bits per heavy atom. The summed E-state index contributed by atoms with van der Waals surface area (Å²) in [7, 11) is 1.61. The van der Waals surface area contributed by atoms with E-state index in [2.05, 4.69) is 15.3 Å². The van der Waals surface area contributed by atoms with Crippen LogP contribution in [0.2, 0.25) is 0 Å². The predicted octanol–water partition coefficient (Wildman–Crippen LogP) is 2.18. The highest BCUT2D eigenvalue weighted by Crippen LogP contribution is 2.29. The molecule has 0 amide bonds. The van der Waals surface area contributed by atoms with Gasteiger partial charge in [0.05, 0.1) is 17.6 Å². The summed E-state index contributed by atoms with van der Waals surface area (Å²) in [6.45, 7) is 0. The van der Waals surface area contributed by atoms with Gasteiger partial charge in [-0.15, -0.1) is 0 Å². The van der Waals surface area contributed by atoms with Crippen molar-refractivity contribution in [1.29, 1.82) is 0 Å². The van der Waals surface area contributed by atoms with Crippen molar-refractivity contribution in [1.82, 2.24) is 20.0 Å². The molecule has 0 spiro atoms. The molecule has 2 N–H and O–H groups in total. The summed E-state index contributed by atoms with van der Waals surface area (Å²) < 4.78 is 1.35. The summed E-state index contributed by atoms with van der Waals surface area (Å²) in [5.74, 6) is -1.00. The molecule has 0 saturated carbocycles. The largest absolute Gasteiger partial charge is 0.477 e. The van der Waals surface area contributed by atoms with Crippen LogP contribution in [0.1, 0.15) is 10.5 Å². The summed E-state index contributed by atoms with van der Waals surface area (Å²) in [6.07, 6.45) is 1.65. The van der Waals surface area contributed by atoms with E-state index in [1.807, 2.05) is 30.3 Å². The first-order chi connectivity index (χ1) is 9.66. The van der Waals surface area contributed by atoms with Crippen molar-refractivity contribution in [2.75, 3.05) is 0 Å². The van der Waals surface area contributed by atoms with Crippen molar-refractivity contribution in [3.63, 3.8) is 0 Å². The van der Waals surface area contributed by atoms with E-state index in [1.54, 1.807) is 19.3 Å². The van der Waals surface area contributed by atoms with E-state index in [0.29, 0.717) is 5.69 Å². The van der Waals surface area contributed by atoms with Gasteiger partial charge in [0.25, 0.3) is 0 Å². The zero-order valence-electron chi connectivity index (χ0n) is 10.7. The number of H-pyrrole nitrogens is 1. The molecule has 0 aliphatic rings. The Morgan fingerprint density at radius 1 is 1.30 bits per heavy atom. The molecule has 2 aromatic heterocycles. The average molecular weight is 268 g/mol. The molecule has 3 rings (SSSR count). The first-order valence-corrected chi connectivity index (χ1v) is 6.03. The molecule has 0 unspecified atom stereocenters. The fraction of sp³-hybridized carbons (Fsp3) is 0.0714. The lowest BCUT2D eigenvalue weighted by Gasteiger charge is -2.00. The topological polar surface area (TPSA) is 83.8 Å². The van der Waals surface area contributed by atoms with Gasteiger partial charge in [0.1, 0.15) is 5.69 Å². The molecule has 0 fully saturated rings. The minimum Gasteiger partial charge on any atom is -0.477 e. The van der Waals surface area contributed by atoms with Crippen molar-refractivity contribution in [3.05, 3.63) is 48.3 Å². The average Bonchev–Trinajstić information content (AvgIpc) is 3.05. The van der Waals surface area contributed by atoms with Gasteiger partial charge in [-0.05, 0) is 6.07 Å². The van der Waals surface area contributed by atoms with Crippen LogP contribution in [0.25, 0.3) is 22.5 Å². The lowest BCUT2D eigenvalue weighted by molar-refractivity contribution is 0.0685. The second-order valence-corrected chi connectivity index (χ2v) is 4.37. The van der Waals surface area contributed by atoms with Crippen LogP contribution in [-0.4, -0.2) is 31.1 Å². The third-order valence-corrected chi connectivity index (χ3v) is 3.08. The Kier molecular flexibility index (Phi) is 2.83. The van der Waals surface area contributed by atoms with Crippen molar-refractivity contribution in [3.8, 4) is 22.5 Å². The van der Waals surface area contributed by atoms with Gasteiger partial charge in [-0.1, -0.05) is 30.3 Å². The van der Waals surface area contributed by atoms with Crippen molar-refractivity contribution < 1.29 is 9.90 Å². The second-order valence-electron chi connectivity index (χ2n) is 4.37. The van der Waals surface area contributed by atoms with Gasteiger partial charge in [0.15, 0.2) is 0 Å². The maximum atomic E-state index is 11.1. The van der Waals surface area contributed by atoms with Crippen LogP contribution in [0, 0.1) is 0 Å². The van der Waals surface area contributed by atoms with Crippen LogP contribution in [0.3, 0.4) is 0 Å². The van der Waals surface area contributed by atoms with E-state index < -0.39 is 5.97 Å². The molecule has 3 aromatic rings. The van der Waals surface area contributed by atoms with Crippen molar-refractivity contribution in [2.45, 2.75) is 0 Å². The molecule has 100 valence electrons. The number of benzene rings is 1. The molecule has 0 saturated heterocycles. The number of aromatic nitrogens is 4. The first-order valence-electron chi connectivity index (χ1n) is 6.03. The first kappa shape index (κ1) is 12.2. The van der Waals surface area contributed by atoms with Gasteiger partial charge in [-0.25, -0.2) is 4.79 Å². The number of nitrogens with one attached hydrogen (secondary N) is 1. The molecule has 6 nitrogen and oxygen atoms in total. The van der Waals surface area contributed by atoms with E-state index in [4.69, 9.17) is 5.11 Å². The molecule has 20 heavy (non-hydrogen) atoms. The van der Waals surface area contributed by atoms with Gasteiger partial charge in [-0.3, -0.25) is 9.78 Å². The van der Waals surface area contributed by atoms with Gasteiger partial charge < -0.3 is 5.11 Å². The maximum Gasteiger partial charge on any atom is 0.354 e. The van der Waals surface area contributed by atoms with Crippen LogP contribution in [0.4, 0.5) is 0 Å². The Balaban J connectivity index is 2.11. The van der Waals surface area contributed by atoms with Gasteiger partial charge >= 0.3 is 5.97 Å². The third kappa shape index (κ3) is 1.97. The molecule has 0 radical (unpaired) electrons. The van der Waals surface area contributed by atoms with E-state index in [0.717, 1.165) is 16.8 Å². The highest BCUT2D eigenvalue weighted by Gasteiger charge is 2.17. The molecule has 0 aliphatic heterocycles. The number of hydrogen-bond acceptors (Lipinski definition) is 3. The molecule has 0 bridgehead atoms. The van der Waals surface area contributed by atoms with Crippen LogP contribution in [-0.2, 0) is 7.05 Å². The molecular weight excluding hydrogens is 256 g/mol. The van der Waals surface area contributed by atoms with Crippen molar-refractivity contribution in [2.24, 2.45) is 7.05 Å². The summed E-state index contributed by atoms with van der Waals surface area (Å²) in [4.78, 5) is 11.1. The lowest BCUT2D eigenvalue weighted by Crippen LogP contribution is -2.04. The Hall–Kier alpha value is -2.89. The highest BCUT2D eigenvalue weighted by molar-refractivity contribution is 5.88. The molecule has 1 aromatic carbocycles. The number of hydrogen-bond donors (Lipinski definition) is 2. The van der Waals surface area contributed by atoms with Crippen molar-refractivity contribution >= 4 is 5.97 Å². The van der Waals surface area contributed by atoms with Gasteiger partial charge in [-0.2, -0.15) is 10.2 Å². The SMILES string of the molecule is Cn1nc(-c2cn[nH]c2-c2ccccc2)cc1C(=O)O. The minimum absolute atomic E-state index is 0.139. The highest BCUT2D eigenvalue weighted by atomic mass is 16.4. The molecule has 0 atom stereocenters. The number of aromatic carboxylic acids is 1. The predicted molar refractivity (Wildman–Crippen MR) is 73.2 cm³/mol. The molecule has 6 heteroatoms. The molecule has 2 heterocycles. The Morgan fingerprint density at radius 2 is 2.05 bits per heavy atom. The van der Waals surface area contributed by atoms with Gasteiger partial charge in [0.2, 0.25) is 0 Å². The number of aryl methyl sites for hydroxylation is 1. The van der Waals surface area contributed by atoms with Gasteiger partial charge in [0, 0.05) is 18.2 Å². The second kappa shape index (κ2) is 4.65. The number of rotatable bonds is 3. The van der Waals surface area contributed by atoms with Crippen LogP contribution in [0.5, 0.6) is 0 Å². The van der Waals surface area contributed by atoms with E-state index >= 15 is 0 Å². The zero-order valence-corrected chi connectivity index (χ0v) is 10.7. The Bertz CT molecular complexity index is 759. The number of nitrogens with zero attached hydrogens (tertiary/aromatic N) is 3. The summed E-state index contributed by atoms with van der Waals surface area (Å²) in [5.41, 5.74) is 3.29. The number of carbonyl (C=O) groups is 1. The number of aromatic amines is 1. The summed E-state index contributed by atoms with van der Waals surface area (Å²) in [5, 5.41) is 20.3. The molecule has 0 aliphatic carbocycles. The smallest absolute Gasteiger partial charge is 0.354 e. The summed E-state index contributed by atoms with van der Waals surface area (Å²) in [6, 6.07) is 11.3. The molecular formula is C14H12N4O2. The third-order valence-electron chi connectivity index (χ3n) is 3.08. The van der Waals surface area contributed by atoms with Crippen LogP contribution >= 0.6 is 0 Å². The van der Waals surface area contributed by atoms with E-state index in [1.165, 1.54) is 4.68 Å². The lowest BCUT2D eigenvalue weighted by atomic mass is 10.1. The standard InChI is InChI=1S/C14H12N4O2/c1-18-12(14(19)20)7-11(17-18)10-8-15-16-13(10)9-5-3-2-4-6-9/h2-8H,1H3,(H,15,16)(H,19,20). The van der Waals surface area contributed by atoms with E-state index in [9.17, 15) is 4.79 Å². The van der Waals surface area contributed by atoms with Crippen LogP contribution in [0.15, 0.2) is 42.6 Å². The zero-order chi connectivity index (χ0) is 14.1. The quantitative estimate of drug-likeness (QED) is 0.762. The van der Waals surface area contributed by atoms with Crippen LogP contribution < -0.4 is 0 Å². The normalized spacial score (nSPS) is 10.7. The minimum atomic E-state index is -1.00. The fourth-order valence-corrected chi connectivity index (χ4v) is 2.10. The monoisotopic (exact) mass is 268 g/mol.